The summed E-state index contributed by atoms with van der Waals surface area (Å²) in [6, 6.07) is 2.90. The fourth-order valence-electron chi connectivity index (χ4n) is 2.05. The van der Waals surface area contributed by atoms with Crippen LogP contribution in [0.2, 0.25) is 0 Å². The molecule has 0 spiro atoms. The van der Waals surface area contributed by atoms with Crippen molar-refractivity contribution in [2.24, 2.45) is 5.92 Å². The van der Waals surface area contributed by atoms with Crippen LogP contribution < -0.4 is 4.74 Å². The number of aromatic nitrogens is 1. The Kier molecular flexibility index (Phi) is 3.72. The van der Waals surface area contributed by atoms with Crippen LogP contribution in [0, 0.1) is 11.7 Å². The fourth-order valence-corrected chi connectivity index (χ4v) is 2.05. The first-order chi connectivity index (χ1) is 7.79. The largest absolute Gasteiger partial charge is 0.472 e. The molecule has 2 rings (SSSR count). The molecule has 1 fully saturated rings. The van der Waals surface area contributed by atoms with Gasteiger partial charge in [-0.2, -0.15) is 0 Å². The van der Waals surface area contributed by atoms with Gasteiger partial charge in [-0.25, -0.2) is 9.37 Å². The molecule has 1 aliphatic carbocycles. The maximum atomic E-state index is 13.3. The summed E-state index contributed by atoms with van der Waals surface area (Å²) in [5, 5.41) is 9.00. The van der Waals surface area contributed by atoms with Gasteiger partial charge in [-0.05, 0) is 43.7 Å². The lowest BCUT2D eigenvalue weighted by Gasteiger charge is -2.27. The van der Waals surface area contributed by atoms with Crippen molar-refractivity contribution in [3.8, 4) is 5.88 Å². The average molecular weight is 225 g/mol. The molecule has 0 unspecified atom stereocenters. The summed E-state index contributed by atoms with van der Waals surface area (Å²) in [7, 11) is 0. The lowest BCUT2D eigenvalue weighted by molar-refractivity contribution is 0.0969. The molecular formula is C12H16FNO2. The van der Waals surface area contributed by atoms with Crippen LogP contribution in [0.15, 0.2) is 18.3 Å². The molecule has 1 heterocycles. The SMILES string of the molecule is OCC1CCC(Oc2ncccc2F)CC1. The van der Waals surface area contributed by atoms with Crippen molar-refractivity contribution in [2.45, 2.75) is 31.8 Å². The van der Waals surface area contributed by atoms with Crippen LogP contribution in [-0.2, 0) is 0 Å². The number of pyridine rings is 1. The Bertz CT molecular complexity index is 338. The quantitative estimate of drug-likeness (QED) is 0.857. The minimum Gasteiger partial charge on any atom is -0.472 e. The molecule has 88 valence electrons. The summed E-state index contributed by atoms with van der Waals surface area (Å²) >= 11 is 0. The Morgan fingerprint density at radius 1 is 1.38 bits per heavy atom. The lowest BCUT2D eigenvalue weighted by Crippen LogP contribution is -2.26. The second kappa shape index (κ2) is 5.25. The molecule has 0 amide bonds. The van der Waals surface area contributed by atoms with Crippen LogP contribution >= 0.6 is 0 Å². The molecule has 0 aromatic carbocycles. The van der Waals surface area contributed by atoms with Crippen molar-refractivity contribution < 1.29 is 14.2 Å². The van der Waals surface area contributed by atoms with Crippen molar-refractivity contribution >= 4 is 0 Å². The normalized spacial score (nSPS) is 25.4. The van der Waals surface area contributed by atoms with E-state index >= 15 is 0 Å². The van der Waals surface area contributed by atoms with E-state index in [4.69, 9.17) is 9.84 Å². The zero-order chi connectivity index (χ0) is 11.4. The summed E-state index contributed by atoms with van der Waals surface area (Å²) in [4.78, 5) is 3.86. The van der Waals surface area contributed by atoms with Gasteiger partial charge in [0, 0.05) is 12.8 Å². The number of hydrogen-bond donors (Lipinski definition) is 1. The van der Waals surface area contributed by atoms with Gasteiger partial charge in [-0.3, -0.25) is 0 Å². The molecule has 1 aromatic heterocycles. The van der Waals surface area contributed by atoms with Gasteiger partial charge in [0.15, 0.2) is 5.82 Å². The van der Waals surface area contributed by atoms with E-state index in [0.717, 1.165) is 25.7 Å². The molecule has 1 N–H and O–H groups in total. The first-order valence-electron chi connectivity index (χ1n) is 5.67. The van der Waals surface area contributed by atoms with Crippen LogP contribution in [0.3, 0.4) is 0 Å². The van der Waals surface area contributed by atoms with Gasteiger partial charge in [0.25, 0.3) is 5.88 Å². The highest BCUT2D eigenvalue weighted by Gasteiger charge is 2.22. The van der Waals surface area contributed by atoms with Crippen molar-refractivity contribution in [1.82, 2.24) is 4.98 Å². The third-order valence-corrected chi connectivity index (χ3v) is 3.05. The highest BCUT2D eigenvalue weighted by molar-refractivity contribution is 5.13. The molecule has 0 aliphatic heterocycles. The van der Waals surface area contributed by atoms with E-state index in [-0.39, 0.29) is 18.6 Å². The number of halogens is 1. The van der Waals surface area contributed by atoms with Gasteiger partial charge >= 0.3 is 0 Å². The van der Waals surface area contributed by atoms with E-state index in [1.165, 1.54) is 12.3 Å². The second-order valence-electron chi connectivity index (χ2n) is 4.23. The molecule has 16 heavy (non-hydrogen) atoms. The number of nitrogens with zero attached hydrogens (tertiary/aromatic N) is 1. The molecular weight excluding hydrogens is 209 g/mol. The predicted octanol–water partition coefficient (Wildman–Crippen LogP) is 2.15. The number of aliphatic hydroxyl groups is 1. The van der Waals surface area contributed by atoms with Crippen molar-refractivity contribution in [2.75, 3.05) is 6.61 Å². The van der Waals surface area contributed by atoms with Crippen molar-refractivity contribution in [3.05, 3.63) is 24.1 Å². The molecule has 1 saturated carbocycles. The standard InChI is InChI=1S/C12H16FNO2/c13-11-2-1-7-14-12(11)16-10-5-3-9(8-15)4-6-10/h1-2,7,9-10,15H,3-6,8H2. The van der Waals surface area contributed by atoms with Gasteiger partial charge in [0.1, 0.15) is 6.10 Å². The van der Waals surface area contributed by atoms with E-state index < -0.39 is 5.82 Å². The lowest BCUT2D eigenvalue weighted by atomic mass is 9.88. The van der Waals surface area contributed by atoms with E-state index in [0.29, 0.717) is 5.92 Å². The molecule has 3 nitrogen and oxygen atoms in total. The molecule has 0 radical (unpaired) electrons. The van der Waals surface area contributed by atoms with Gasteiger partial charge < -0.3 is 9.84 Å². The Morgan fingerprint density at radius 2 is 2.12 bits per heavy atom. The Morgan fingerprint density at radius 3 is 2.75 bits per heavy atom. The molecule has 1 aromatic rings. The Hall–Kier alpha value is -1.16. The minimum absolute atomic E-state index is 0.0344. The first kappa shape index (κ1) is 11.3. The molecule has 1 aliphatic rings. The van der Waals surface area contributed by atoms with E-state index in [2.05, 4.69) is 4.98 Å². The minimum atomic E-state index is -0.410. The Labute approximate surface area is 94.3 Å². The fraction of sp³-hybridized carbons (Fsp3) is 0.583. The van der Waals surface area contributed by atoms with Gasteiger partial charge in [0.2, 0.25) is 0 Å². The summed E-state index contributed by atoms with van der Waals surface area (Å²) in [5.74, 6) is 0.0650. The van der Waals surface area contributed by atoms with Gasteiger partial charge in [0.05, 0.1) is 0 Å². The zero-order valence-electron chi connectivity index (χ0n) is 9.10. The highest BCUT2D eigenvalue weighted by Crippen LogP contribution is 2.27. The maximum absolute atomic E-state index is 13.3. The van der Waals surface area contributed by atoms with Gasteiger partial charge in [-0.1, -0.05) is 0 Å². The van der Waals surface area contributed by atoms with Crippen LogP contribution in [0.4, 0.5) is 4.39 Å². The molecule has 4 heteroatoms. The predicted molar refractivity (Wildman–Crippen MR) is 57.7 cm³/mol. The molecule has 0 bridgehead atoms. The topological polar surface area (TPSA) is 42.4 Å². The van der Waals surface area contributed by atoms with E-state index in [9.17, 15) is 4.39 Å². The summed E-state index contributed by atoms with van der Waals surface area (Å²) in [6.07, 6.45) is 5.16. The van der Waals surface area contributed by atoms with E-state index in [1.54, 1.807) is 6.07 Å². The van der Waals surface area contributed by atoms with Gasteiger partial charge in [-0.15, -0.1) is 0 Å². The number of ether oxygens (including phenoxy) is 1. The van der Waals surface area contributed by atoms with Crippen molar-refractivity contribution in [3.63, 3.8) is 0 Å². The first-order valence-corrected chi connectivity index (χ1v) is 5.67. The molecule has 0 saturated heterocycles. The van der Waals surface area contributed by atoms with Crippen LogP contribution in [0.1, 0.15) is 25.7 Å². The maximum Gasteiger partial charge on any atom is 0.250 e. The van der Waals surface area contributed by atoms with Crippen LogP contribution in [-0.4, -0.2) is 22.8 Å². The third-order valence-electron chi connectivity index (χ3n) is 3.05. The summed E-state index contributed by atoms with van der Waals surface area (Å²) in [6.45, 7) is 0.241. The summed E-state index contributed by atoms with van der Waals surface area (Å²) < 4.78 is 18.8. The van der Waals surface area contributed by atoms with Crippen LogP contribution in [0.25, 0.3) is 0 Å². The average Bonchev–Trinajstić information content (AvgIpc) is 2.33. The smallest absolute Gasteiger partial charge is 0.250 e. The number of rotatable bonds is 3. The second-order valence-corrected chi connectivity index (χ2v) is 4.23. The number of aliphatic hydroxyl groups excluding tert-OH is 1. The summed E-state index contributed by atoms with van der Waals surface area (Å²) in [5.41, 5.74) is 0. The Balaban J connectivity index is 1.89. The monoisotopic (exact) mass is 225 g/mol. The molecule has 0 atom stereocenters. The third kappa shape index (κ3) is 2.70. The highest BCUT2D eigenvalue weighted by atomic mass is 19.1. The van der Waals surface area contributed by atoms with Crippen molar-refractivity contribution in [1.29, 1.82) is 0 Å². The number of hydrogen-bond acceptors (Lipinski definition) is 3. The van der Waals surface area contributed by atoms with E-state index in [1.807, 2.05) is 0 Å². The zero-order valence-corrected chi connectivity index (χ0v) is 9.10. The van der Waals surface area contributed by atoms with Crippen LogP contribution in [0.5, 0.6) is 5.88 Å².